The Morgan fingerprint density at radius 1 is 1.01 bits per heavy atom. The molecule has 2 aliphatic carbocycles. The van der Waals surface area contributed by atoms with Crippen LogP contribution in [0.5, 0.6) is 0 Å². The molecule has 5 fully saturated rings. The maximum atomic E-state index is 15.3. The third kappa shape index (κ3) is 9.17. The van der Waals surface area contributed by atoms with Crippen LogP contribution in [0.3, 0.4) is 0 Å². The lowest BCUT2D eigenvalue weighted by Crippen LogP contribution is -2.61. The van der Waals surface area contributed by atoms with Crippen molar-refractivity contribution in [2.45, 2.75) is 121 Å². The molecule has 16 nitrogen and oxygen atoms in total. The summed E-state index contributed by atoms with van der Waals surface area (Å²) in [6.07, 6.45) is 9.39. The number of carbonyl (C=O) groups excluding carboxylic acids is 3. The molecule has 11 rings (SSSR count). The van der Waals surface area contributed by atoms with Crippen molar-refractivity contribution in [1.82, 2.24) is 50.1 Å². The van der Waals surface area contributed by atoms with E-state index >= 15 is 4.79 Å². The number of carbonyl (C=O) groups is 3. The smallest absolute Gasteiger partial charge is 0.324 e. The van der Waals surface area contributed by atoms with Crippen LogP contribution in [0.2, 0.25) is 0 Å². The van der Waals surface area contributed by atoms with Gasteiger partial charge in [-0.05, 0) is 101 Å². The van der Waals surface area contributed by atoms with Crippen molar-refractivity contribution in [1.29, 1.82) is 0 Å². The van der Waals surface area contributed by atoms with Crippen LogP contribution < -0.4 is 10.7 Å². The lowest BCUT2D eigenvalue weighted by atomic mass is 9.84. The molecule has 7 atom stereocenters. The summed E-state index contributed by atoms with van der Waals surface area (Å²) in [5, 5.41) is 8.48. The van der Waals surface area contributed by atoms with E-state index in [2.05, 4.69) is 85.6 Å². The molecule has 4 aromatic heterocycles. The van der Waals surface area contributed by atoms with Crippen molar-refractivity contribution in [3.05, 3.63) is 82.5 Å². The molecule has 5 aromatic rings. The van der Waals surface area contributed by atoms with Gasteiger partial charge in [0.25, 0.3) is 5.91 Å². The Morgan fingerprint density at radius 3 is 2.59 bits per heavy atom. The van der Waals surface area contributed by atoms with Gasteiger partial charge in [-0.15, -0.1) is 11.3 Å². The number of nitrogens with zero attached hydrogens (tertiary/aromatic N) is 8. The zero-order valence-electron chi connectivity index (χ0n) is 41.2. The normalized spacial score (nSPS) is 27.4. The van der Waals surface area contributed by atoms with Gasteiger partial charge in [-0.3, -0.25) is 29.3 Å². The summed E-state index contributed by atoms with van der Waals surface area (Å²) in [6, 6.07) is 11.7. The highest BCUT2D eigenvalue weighted by molar-refractivity contribution is 7.10. The second kappa shape index (κ2) is 19.1. The van der Waals surface area contributed by atoms with Crippen molar-refractivity contribution in [2.24, 2.45) is 17.3 Å². The number of piperidine rings is 1. The number of esters is 1. The van der Waals surface area contributed by atoms with E-state index in [0.29, 0.717) is 36.9 Å². The van der Waals surface area contributed by atoms with Crippen molar-refractivity contribution >= 4 is 40.0 Å². The molecule has 6 aliphatic rings. The monoisotopic (exact) mass is 970 g/mol. The maximum absolute atomic E-state index is 15.3. The Labute approximate surface area is 413 Å². The van der Waals surface area contributed by atoms with Crippen molar-refractivity contribution in [3.63, 3.8) is 0 Å². The molecule has 0 unspecified atom stereocenters. The van der Waals surface area contributed by atoms with Gasteiger partial charge in [0.05, 0.1) is 41.9 Å². The molecule has 70 heavy (non-hydrogen) atoms. The second-order valence-corrected chi connectivity index (χ2v) is 22.4. The molecular formula is C53H66N10O6S. The summed E-state index contributed by atoms with van der Waals surface area (Å²) in [6.45, 7) is 12.5. The number of hydrogen-bond acceptors (Lipinski definition) is 14. The second-order valence-electron chi connectivity index (χ2n) is 21.5. The minimum Gasteiger partial charge on any atom is -0.464 e. The van der Waals surface area contributed by atoms with Gasteiger partial charge in [0.15, 0.2) is 0 Å². The summed E-state index contributed by atoms with van der Waals surface area (Å²) in [7, 11) is 3.83. The molecule has 17 heteroatoms. The van der Waals surface area contributed by atoms with E-state index in [9.17, 15) is 9.59 Å². The quantitative estimate of drug-likeness (QED) is 0.143. The number of cyclic esters (lactones) is 1. The third-order valence-corrected chi connectivity index (χ3v) is 16.7. The van der Waals surface area contributed by atoms with Crippen molar-refractivity contribution in [3.8, 4) is 22.5 Å². The summed E-state index contributed by atoms with van der Waals surface area (Å²) in [4.78, 5) is 67.9. The van der Waals surface area contributed by atoms with E-state index in [-0.39, 0.29) is 48.5 Å². The summed E-state index contributed by atoms with van der Waals surface area (Å²) >= 11 is 1.44. The Hall–Kier alpha value is -5.17. The first-order valence-electron chi connectivity index (χ1n) is 25.3. The molecule has 0 radical (unpaired) electrons. The van der Waals surface area contributed by atoms with Crippen LogP contribution in [0.1, 0.15) is 112 Å². The van der Waals surface area contributed by atoms with E-state index in [4.69, 9.17) is 24.2 Å². The number of rotatable bonds is 10. The Bertz CT molecular complexity index is 2750. The van der Waals surface area contributed by atoms with Gasteiger partial charge in [0.1, 0.15) is 29.5 Å². The fraction of sp³-hybridized carbons (Fsp3) is 0.566. The highest BCUT2D eigenvalue weighted by atomic mass is 32.1. The molecule has 3 saturated heterocycles. The number of pyridine rings is 1. The predicted molar refractivity (Wildman–Crippen MR) is 265 cm³/mol. The van der Waals surface area contributed by atoms with Crippen LogP contribution in [-0.4, -0.2) is 135 Å². The zero-order valence-corrected chi connectivity index (χ0v) is 42.0. The van der Waals surface area contributed by atoms with Gasteiger partial charge in [-0.2, -0.15) is 0 Å². The first-order chi connectivity index (χ1) is 33.9. The molecule has 4 aliphatic heterocycles. The number of fused-ring (bicyclic) bond motifs is 6. The average Bonchev–Trinajstić information content (AvgIpc) is 4.24. The number of aromatic nitrogens is 5. The Kier molecular flexibility index (Phi) is 12.9. The Balaban J connectivity index is 1.05. The van der Waals surface area contributed by atoms with Crippen molar-refractivity contribution < 1.29 is 28.6 Å². The van der Waals surface area contributed by atoms with Crippen molar-refractivity contribution in [2.75, 3.05) is 53.5 Å². The maximum Gasteiger partial charge on any atom is 0.324 e. The number of amides is 2. The van der Waals surface area contributed by atoms with Crippen LogP contribution in [0, 0.1) is 17.3 Å². The van der Waals surface area contributed by atoms with E-state index in [0.717, 1.165) is 89.4 Å². The first kappa shape index (κ1) is 47.2. The third-order valence-electron chi connectivity index (χ3n) is 15.8. The average molecular weight is 971 g/mol. The standard InChI is InChI=1S/C53H66N10O6S/c1-30-43(39-15-19-54-29-56-39)44(30)49(64)58-46-48(69-35-16-21-60(5)22-17-35)50-57-41(27-70-50)32-11-14-42-37(23-32)38(24-53(3,4)28-68-52(66)40-10-8-20-62(59-40)51(46)65)47(36-9-7-18-55-45(36)31(2)67-6)63(42)34-25-61(26-34)33-12-13-33/h7,9,11,14-15,18-19,23,27,29-31,33-35,40,43-44,46,48,59H,8,10,12-13,16-17,20-22,24-26,28H2,1-6H3,(H,58,64)/t30-,31-,40-,43-,44+,46-,48-/m0/s1. The van der Waals surface area contributed by atoms with Gasteiger partial charge in [-0.1, -0.05) is 26.8 Å². The van der Waals surface area contributed by atoms with E-state index in [1.165, 1.54) is 35.5 Å². The van der Waals surface area contributed by atoms with Gasteiger partial charge in [0, 0.05) is 109 Å². The van der Waals surface area contributed by atoms with Crippen LogP contribution in [0.4, 0.5) is 0 Å². The molecule has 2 N–H and O–H groups in total. The SMILES string of the molecule is CO[C@@H](C)c1ncccc1-c1c2c3cc(ccc3n1C1CN(C3CC3)C1)-c1csc(n1)[C@@H](OC1CCN(C)CC1)[C@H](NC(=O)[C@@H]1[C@@H](C)[C@H]1c1ccncn1)C(=O)N1CCC[C@H](N1)C(=O)OCC(C)(C)C2. The minimum atomic E-state index is -1.16. The predicted octanol–water partition coefficient (Wildman–Crippen LogP) is 6.65. The van der Waals surface area contributed by atoms with Gasteiger partial charge < -0.3 is 29.0 Å². The Morgan fingerprint density at radius 2 is 1.83 bits per heavy atom. The number of methoxy groups -OCH3 is 1. The number of benzene rings is 1. The molecule has 0 spiro atoms. The molecule has 6 bridgehead atoms. The van der Waals surface area contributed by atoms with E-state index in [1.807, 2.05) is 32.2 Å². The van der Waals surface area contributed by atoms with E-state index in [1.54, 1.807) is 13.3 Å². The number of nitrogens with one attached hydrogen (secondary N) is 2. The molecule has 2 amide bonds. The summed E-state index contributed by atoms with van der Waals surface area (Å²) in [5.74, 6) is -1.56. The van der Waals surface area contributed by atoms with E-state index < -0.39 is 35.5 Å². The molecule has 8 heterocycles. The van der Waals surface area contributed by atoms with Crippen LogP contribution in [0.25, 0.3) is 33.4 Å². The highest BCUT2D eigenvalue weighted by Gasteiger charge is 2.55. The lowest BCUT2D eigenvalue weighted by molar-refractivity contribution is -0.157. The lowest BCUT2D eigenvalue weighted by Gasteiger charge is -2.42. The molecular weight excluding hydrogens is 905 g/mol. The number of likely N-dealkylation sites (tertiary alicyclic amines) is 2. The van der Waals surface area contributed by atoms with Gasteiger partial charge in [0.2, 0.25) is 5.91 Å². The highest BCUT2D eigenvalue weighted by Crippen LogP contribution is 2.53. The first-order valence-corrected chi connectivity index (χ1v) is 26.2. The minimum absolute atomic E-state index is 0.00479. The fourth-order valence-electron chi connectivity index (χ4n) is 11.5. The number of thiazole rings is 1. The zero-order chi connectivity index (χ0) is 48.4. The largest absolute Gasteiger partial charge is 0.464 e. The number of hydrazine groups is 1. The number of hydrogen-bond donors (Lipinski definition) is 2. The van der Waals surface area contributed by atoms with Crippen LogP contribution in [0.15, 0.2) is 60.5 Å². The molecule has 1 aromatic carbocycles. The fourth-order valence-corrected chi connectivity index (χ4v) is 12.4. The van der Waals surface area contributed by atoms with Crippen LogP contribution in [-0.2, 0) is 35.0 Å². The molecule has 2 saturated carbocycles. The van der Waals surface area contributed by atoms with Gasteiger partial charge >= 0.3 is 5.97 Å². The summed E-state index contributed by atoms with van der Waals surface area (Å²) in [5.41, 5.74) is 10.6. The van der Waals surface area contributed by atoms with Crippen LogP contribution >= 0.6 is 11.3 Å². The number of ether oxygens (including phenoxy) is 3. The topological polar surface area (TPSA) is 169 Å². The van der Waals surface area contributed by atoms with Gasteiger partial charge in [-0.25, -0.2) is 20.4 Å². The summed E-state index contributed by atoms with van der Waals surface area (Å²) < 4.78 is 21.9. The molecule has 370 valence electrons.